The Hall–Kier alpha value is -0.910. The molecular formula is C31H50O5. The van der Waals surface area contributed by atoms with Crippen LogP contribution in [-0.2, 0) is 9.53 Å². The average Bonchev–Trinajstić information content (AvgIpc) is 2.77. The van der Waals surface area contributed by atoms with Crippen LogP contribution < -0.4 is 0 Å². The summed E-state index contributed by atoms with van der Waals surface area (Å²) >= 11 is 0. The van der Waals surface area contributed by atoms with Crippen LogP contribution in [0.3, 0.4) is 0 Å². The molecule has 36 heavy (non-hydrogen) atoms. The molecule has 204 valence electrons. The van der Waals surface area contributed by atoms with Gasteiger partial charge in [-0.25, -0.2) is 0 Å². The lowest BCUT2D eigenvalue weighted by molar-refractivity contribution is -0.239. The Bertz CT molecular complexity index is 968. The molecule has 0 bridgehead atoms. The first-order valence-electron chi connectivity index (χ1n) is 14.3. The van der Waals surface area contributed by atoms with Crippen molar-refractivity contribution in [3.8, 4) is 0 Å². The number of esters is 1. The van der Waals surface area contributed by atoms with Gasteiger partial charge in [-0.3, -0.25) is 4.79 Å². The minimum absolute atomic E-state index is 0.0130. The fourth-order valence-electron chi connectivity index (χ4n) is 11.0. The first kappa shape index (κ1) is 26.7. The molecule has 5 aliphatic carbocycles. The first-order chi connectivity index (χ1) is 16.5. The maximum absolute atomic E-state index is 13.4. The monoisotopic (exact) mass is 502 g/mol. The minimum Gasteiger partial charge on any atom is -0.468 e. The van der Waals surface area contributed by atoms with Crippen molar-refractivity contribution in [2.24, 2.45) is 50.2 Å². The molecule has 5 rings (SSSR count). The van der Waals surface area contributed by atoms with E-state index in [9.17, 15) is 20.1 Å². The Morgan fingerprint density at radius 1 is 0.917 bits per heavy atom. The van der Waals surface area contributed by atoms with Gasteiger partial charge in [0.2, 0.25) is 0 Å². The molecule has 0 heterocycles. The van der Waals surface area contributed by atoms with Crippen molar-refractivity contribution >= 4 is 5.97 Å². The molecule has 5 aliphatic rings. The number of fused-ring (bicyclic) bond motifs is 7. The molecule has 5 nitrogen and oxygen atoms in total. The van der Waals surface area contributed by atoms with Gasteiger partial charge in [-0.05, 0) is 96.2 Å². The maximum Gasteiger partial charge on any atom is 0.315 e. The lowest BCUT2D eigenvalue weighted by Crippen LogP contribution is -2.68. The highest BCUT2D eigenvalue weighted by atomic mass is 16.5. The van der Waals surface area contributed by atoms with Gasteiger partial charge in [-0.15, -0.1) is 0 Å². The van der Waals surface area contributed by atoms with Crippen molar-refractivity contribution in [3.63, 3.8) is 0 Å². The number of rotatable bonds is 1. The van der Waals surface area contributed by atoms with E-state index >= 15 is 0 Å². The molecule has 0 unspecified atom stereocenters. The van der Waals surface area contributed by atoms with Gasteiger partial charge in [0.1, 0.15) is 5.41 Å². The van der Waals surface area contributed by atoms with Gasteiger partial charge in [-0.2, -0.15) is 0 Å². The van der Waals surface area contributed by atoms with Crippen molar-refractivity contribution in [2.75, 3.05) is 7.11 Å². The topological polar surface area (TPSA) is 87.0 Å². The summed E-state index contributed by atoms with van der Waals surface area (Å²) in [6, 6.07) is 0. The van der Waals surface area contributed by atoms with E-state index in [1.54, 1.807) is 0 Å². The molecule has 0 aromatic carbocycles. The molecular weight excluding hydrogens is 452 g/mol. The van der Waals surface area contributed by atoms with Gasteiger partial charge < -0.3 is 20.1 Å². The Labute approximate surface area is 218 Å². The van der Waals surface area contributed by atoms with Crippen LogP contribution in [0.15, 0.2) is 11.6 Å². The number of hydrogen-bond acceptors (Lipinski definition) is 5. The molecule has 4 fully saturated rings. The van der Waals surface area contributed by atoms with E-state index in [0.29, 0.717) is 31.1 Å². The summed E-state index contributed by atoms with van der Waals surface area (Å²) in [4.78, 5) is 13.4. The minimum atomic E-state index is -0.854. The molecule has 0 aliphatic heterocycles. The first-order valence-corrected chi connectivity index (χ1v) is 14.3. The molecule has 10 atom stereocenters. The standard InChI is InChI=1S/C31H50O5/c1-26(2)13-14-31(25(35)36-8)19(15-26)18-9-10-22-28(5)16-20(32)24(34)27(3,4)21(28)11-12-29(22,6)30(18,7)17-23(31)33/h9,19-24,32-34H,10-17H2,1-8H3/t19-,20-,21-,22+,23+,24-,28-,29+,30+,31+/m0/s1. The number of carbonyl (C=O) groups excluding carboxylic acids is 1. The van der Waals surface area contributed by atoms with Crippen LogP contribution in [0.2, 0.25) is 0 Å². The van der Waals surface area contributed by atoms with Crippen molar-refractivity contribution in [1.29, 1.82) is 0 Å². The van der Waals surface area contributed by atoms with Crippen LogP contribution in [0.5, 0.6) is 0 Å². The van der Waals surface area contributed by atoms with E-state index < -0.39 is 23.7 Å². The van der Waals surface area contributed by atoms with Crippen LogP contribution in [0.25, 0.3) is 0 Å². The number of hydrogen-bond donors (Lipinski definition) is 3. The zero-order valence-electron chi connectivity index (χ0n) is 23.9. The molecule has 0 saturated heterocycles. The highest BCUT2D eigenvalue weighted by Gasteiger charge is 2.71. The highest BCUT2D eigenvalue weighted by Crippen LogP contribution is 2.75. The van der Waals surface area contributed by atoms with Gasteiger partial charge in [0.25, 0.3) is 0 Å². The normalized spacial score (nSPS) is 53.1. The van der Waals surface area contributed by atoms with Crippen LogP contribution in [0, 0.1) is 50.2 Å². The molecule has 0 amide bonds. The Morgan fingerprint density at radius 2 is 1.58 bits per heavy atom. The fraction of sp³-hybridized carbons (Fsp3) is 0.903. The van der Waals surface area contributed by atoms with Crippen LogP contribution >= 0.6 is 0 Å². The molecule has 0 radical (unpaired) electrons. The second-order valence-corrected chi connectivity index (χ2v) is 15.5. The number of ether oxygens (including phenoxy) is 1. The third-order valence-corrected chi connectivity index (χ3v) is 13.2. The lowest BCUT2D eigenvalue weighted by atomic mass is 9.33. The SMILES string of the molecule is COC(=O)[C@]12CCC(C)(C)C[C@H]1C1=CC[C@@H]3[C@@]4(C)C[C@H](O)[C@H](O)C(C)(C)[C@@H]4CC[C@@]3(C)[C@]1(C)C[C@H]2O. The summed E-state index contributed by atoms with van der Waals surface area (Å²) in [6.07, 6.45) is 6.93. The van der Waals surface area contributed by atoms with Gasteiger partial charge in [0, 0.05) is 0 Å². The van der Waals surface area contributed by atoms with E-state index in [0.717, 1.165) is 32.1 Å². The van der Waals surface area contributed by atoms with Crippen LogP contribution in [0.1, 0.15) is 99.8 Å². The summed E-state index contributed by atoms with van der Waals surface area (Å²) in [7, 11) is 1.47. The summed E-state index contributed by atoms with van der Waals surface area (Å²) < 4.78 is 5.39. The maximum atomic E-state index is 13.4. The third kappa shape index (κ3) is 3.09. The van der Waals surface area contributed by atoms with Crippen molar-refractivity contribution in [1.82, 2.24) is 0 Å². The number of aliphatic hydroxyl groups is 3. The summed E-state index contributed by atoms with van der Waals surface area (Å²) in [5, 5.41) is 33.8. The molecule has 0 aromatic heterocycles. The van der Waals surface area contributed by atoms with E-state index in [2.05, 4.69) is 54.5 Å². The van der Waals surface area contributed by atoms with E-state index in [4.69, 9.17) is 4.74 Å². The Morgan fingerprint density at radius 3 is 2.22 bits per heavy atom. The number of aliphatic hydroxyl groups excluding tert-OH is 3. The predicted octanol–water partition coefficient (Wildman–Crippen LogP) is 5.26. The fourth-order valence-corrected chi connectivity index (χ4v) is 11.0. The number of methoxy groups -OCH3 is 1. The van der Waals surface area contributed by atoms with Gasteiger partial charge >= 0.3 is 5.97 Å². The molecule has 0 aromatic rings. The smallest absolute Gasteiger partial charge is 0.315 e. The Kier molecular flexibility index (Phi) is 5.80. The lowest BCUT2D eigenvalue weighted by Gasteiger charge is -2.72. The van der Waals surface area contributed by atoms with Gasteiger partial charge in [0.05, 0.1) is 25.4 Å². The van der Waals surface area contributed by atoms with Crippen LogP contribution in [0.4, 0.5) is 0 Å². The van der Waals surface area contributed by atoms with E-state index in [1.807, 2.05) is 0 Å². The quantitative estimate of drug-likeness (QED) is 0.336. The summed E-state index contributed by atoms with van der Waals surface area (Å²) in [5.74, 6) is 0.415. The van der Waals surface area contributed by atoms with Gasteiger partial charge in [-0.1, -0.05) is 60.1 Å². The average molecular weight is 503 g/mol. The predicted molar refractivity (Wildman–Crippen MR) is 140 cm³/mol. The molecule has 4 saturated carbocycles. The number of allylic oxidation sites excluding steroid dienone is 2. The van der Waals surface area contributed by atoms with Crippen molar-refractivity contribution in [3.05, 3.63) is 11.6 Å². The summed E-state index contributed by atoms with van der Waals surface area (Å²) in [5.41, 5.74) is -0.118. The molecule has 0 spiro atoms. The second kappa shape index (κ2) is 7.82. The van der Waals surface area contributed by atoms with E-state index in [-0.39, 0.29) is 39.0 Å². The largest absolute Gasteiger partial charge is 0.468 e. The zero-order valence-corrected chi connectivity index (χ0v) is 23.9. The van der Waals surface area contributed by atoms with Crippen molar-refractivity contribution in [2.45, 2.75) is 118 Å². The number of carbonyl (C=O) groups is 1. The van der Waals surface area contributed by atoms with Gasteiger partial charge in [0.15, 0.2) is 0 Å². The van der Waals surface area contributed by atoms with E-state index in [1.165, 1.54) is 12.7 Å². The second-order valence-electron chi connectivity index (χ2n) is 15.5. The summed E-state index contributed by atoms with van der Waals surface area (Å²) in [6.45, 7) is 16.0. The molecule has 5 heteroatoms. The zero-order chi connectivity index (χ0) is 26.7. The molecule has 3 N–H and O–H groups in total. The highest BCUT2D eigenvalue weighted by molar-refractivity contribution is 5.79. The van der Waals surface area contributed by atoms with Crippen molar-refractivity contribution < 1.29 is 24.9 Å². The van der Waals surface area contributed by atoms with Crippen LogP contribution in [-0.4, -0.2) is 46.7 Å². The third-order valence-electron chi connectivity index (χ3n) is 13.2. The Balaban J connectivity index is 1.64.